The molecule has 0 radical (unpaired) electrons. The molecular weight excluding hydrogens is 280 g/mol. The Morgan fingerprint density at radius 2 is 2.11 bits per heavy atom. The van der Waals surface area contributed by atoms with Crippen LogP contribution in [0, 0.1) is 13.8 Å². The van der Waals surface area contributed by atoms with Crippen molar-refractivity contribution >= 4 is 33.7 Å². The topological polar surface area (TPSA) is 80.9 Å². The largest absolute Gasteiger partial charge is 0.322 e. The minimum absolute atomic E-state index is 0.0341. The molecule has 2 aromatic rings. The molecule has 0 saturated carbocycles. The van der Waals surface area contributed by atoms with Crippen molar-refractivity contribution in [3.8, 4) is 10.6 Å². The zero-order valence-corrected chi connectivity index (χ0v) is 12.5. The van der Waals surface area contributed by atoms with Gasteiger partial charge in [-0.05, 0) is 13.8 Å². The second kappa shape index (κ2) is 7.13. The summed E-state index contributed by atoms with van der Waals surface area (Å²) in [6.45, 7) is 9.88. The Labute approximate surface area is 120 Å². The minimum atomic E-state index is -0.233. The molecule has 2 rings (SSSR count). The molecule has 0 aliphatic carbocycles. The van der Waals surface area contributed by atoms with Crippen molar-refractivity contribution in [2.45, 2.75) is 13.8 Å². The first-order valence-corrected chi connectivity index (χ1v) is 7.19. The summed E-state index contributed by atoms with van der Waals surface area (Å²) in [5.41, 5.74) is 7.04. The smallest absolute Gasteiger partial charge is 0.239 e. The molecule has 19 heavy (non-hydrogen) atoms. The second-order valence-electron chi connectivity index (χ2n) is 3.44. The molecule has 1 amide bonds. The molecule has 2 heterocycles. The van der Waals surface area contributed by atoms with Gasteiger partial charge in [0.25, 0.3) is 0 Å². The SMILES string of the molecule is C=C.Cc1nc(C)c(-c2csc(NC(=O)CN)n2)s1. The van der Waals surface area contributed by atoms with Gasteiger partial charge in [0, 0.05) is 5.38 Å². The summed E-state index contributed by atoms with van der Waals surface area (Å²) in [5.74, 6) is -0.233. The number of nitrogens with zero attached hydrogens (tertiary/aromatic N) is 2. The molecule has 0 fully saturated rings. The highest BCUT2D eigenvalue weighted by molar-refractivity contribution is 7.16. The number of hydrogen-bond donors (Lipinski definition) is 2. The van der Waals surface area contributed by atoms with E-state index in [1.165, 1.54) is 11.3 Å². The lowest BCUT2D eigenvalue weighted by Crippen LogP contribution is -2.21. The van der Waals surface area contributed by atoms with Gasteiger partial charge in [-0.1, -0.05) is 0 Å². The van der Waals surface area contributed by atoms with Crippen LogP contribution in [0.4, 0.5) is 5.13 Å². The third-order valence-corrected chi connectivity index (χ3v) is 3.93. The van der Waals surface area contributed by atoms with Crippen LogP contribution in [-0.4, -0.2) is 22.4 Å². The molecular formula is C12H16N4OS2. The van der Waals surface area contributed by atoms with E-state index < -0.39 is 0 Å². The van der Waals surface area contributed by atoms with Crippen molar-refractivity contribution in [3.05, 3.63) is 29.2 Å². The average molecular weight is 296 g/mol. The third-order valence-electron chi connectivity index (χ3n) is 2.07. The molecule has 0 bridgehead atoms. The van der Waals surface area contributed by atoms with Gasteiger partial charge >= 0.3 is 0 Å². The number of thiazole rings is 2. The number of anilines is 1. The number of rotatable bonds is 3. The van der Waals surface area contributed by atoms with Gasteiger partial charge in [0.1, 0.15) is 0 Å². The fourth-order valence-electron chi connectivity index (χ4n) is 1.37. The van der Waals surface area contributed by atoms with Gasteiger partial charge in [0.05, 0.1) is 27.8 Å². The van der Waals surface area contributed by atoms with E-state index in [0.717, 1.165) is 21.3 Å². The number of carbonyl (C=O) groups excluding carboxylic acids is 1. The van der Waals surface area contributed by atoms with Gasteiger partial charge in [-0.2, -0.15) is 0 Å². The van der Waals surface area contributed by atoms with Crippen molar-refractivity contribution in [1.29, 1.82) is 0 Å². The minimum Gasteiger partial charge on any atom is -0.322 e. The normalized spacial score (nSPS) is 9.63. The van der Waals surface area contributed by atoms with Crippen LogP contribution in [0.15, 0.2) is 18.5 Å². The number of aryl methyl sites for hydroxylation is 2. The van der Waals surface area contributed by atoms with Crippen molar-refractivity contribution in [3.63, 3.8) is 0 Å². The first-order valence-electron chi connectivity index (χ1n) is 5.50. The Morgan fingerprint density at radius 3 is 2.63 bits per heavy atom. The van der Waals surface area contributed by atoms with Crippen molar-refractivity contribution in [2.75, 3.05) is 11.9 Å². The van der Waals surface area contributed by atoms with E-state index >= 15 is 0 Å². The molecule has 0 saturated heterocycles. The number of nitrogens with one attached hydrogen (secondary N) is 1. The zero-order chi connectivity index (χ0) is 14.4. The first-order chi connectivity index (χ1) is 9.10. The van der Waals surface area contributed by atoms with Crippen LogP contribution in [0.1, 0.15) is 10.7 Å². The second-order valence-corrected chi connectivity index (χ2v) is 5.50. The van der Waals surface area contributed by atoms with E-state index in [9.17, 15) is 4.79 Å². The van der Waals surface area contributed by atoms with Gasteiger partial charge in [-0.3, -0.25) is 4.79 Å². The number of amides is 1. The van der Waals surface area contributed by atoms with Crippen LogP contribution >= 0.6 is 22.7 Å². The molecule has 0 unspecified atom stereocenters. The van der Waals surface area contributed by atoms with E-state index in [0.29, 0.717) is 5.13 Å². The predicted molar refractivity (Wildman–Crippen MR) is 81.6 cm³/mol. The highest BCUT2D eigenvalue weighted by Crippen LogP contribution is 2.31. The van der Waals surface area contributed by atoms with E-state index in [1.54, 1.807) is 11.3 Å². The van der Waals surface area contributed by atoms with Gasteiger partial charge in [0.15, 0.2) is 5.13 Å². The van der Waals surface area contributed by atoms with Gasteiger partial charge < -0.3 is 11.1 Å². The van der Waals surface area contributed by atoms with Crippen molar-refractivity contribution in [1.82, 2.24) is 9.97 Å². The Balaban J connectivity index is 0.000000861. The number of carbonyl (C=O) groups is 1. The Kier molecular flexibility index (Phi) is 5.81. The molecule has 0 aliphatic rings. The lowest BCUT2D eigenvalue weighted by atomic mass is 10.3. The first kappa shape index (κ1) is 15.5. The summed E-state index contributed by atoms with van der Waals surface area (Å²) in [6.07, 6.45) is 0. The zero-order valence-electron chi connectivity index (χ0n) is 10.9. The van der Waals surface area contributed by atoms with Crippen LogP contribution in [0.2, 0.25) is 0 Å². The molecule has 0 aromatic carbocycles. The lowest BCUT2D eigenvalue weighted by molar-refractivity contribution is -0.114. The molecule has 0 atom stereocenters. The van der Waals surface area contributed by atoms with Crippen LogP contribution < -0.4 is 11.1 Å². The molecule has 0 aliphatic heterocycles. The van der Waals surface area contributed by atoms with Gasteiger partial charge in [-0.25, -0.2) is 9.97 Å². The fraction of sp³-hybridized carbons (Fsp3) is 0.250. The number of hydrogen-bond acceptors (Lipinski definition) is 6. The maximum Gasteiger partial charge on any atom is 0.239 e. The number of nitrogens with two attached hydrogens (primary N) is 1. The third kappa shape index (κ3) is 3.95. The van der Waals surface area contributed by atoms with Crippen molar-refractivity contribution in [2.24, 2.45) is 5.73 Å². The van der Waals surface area contributed by atoms with E-state index in [-0.39, 0.29) is 12.5 Å². The standard InChI is InChI=1S/C10H12N4OS2.C2H4/c1-5-9(17-6(2)12-5)7-4-16-10(13-7)14-8(15)3-11;1-2/h4H,3,11H2,1-2H3,(H,13,14,15);1-2H2. The Bertz CT molecular complexity index is 562. The van der Waals surface area contributed by atoms with E-state index in [2.05, 4.69) is 28.4 Å². The Hall–Kier alpha value is -1.57. The molecule has 5 nitrogen and oxygen atoms in total. The van der Waals surface area contributed by atoms with Gasteiger partial charge in [-0.15, -0.1) is 35.8 Å². The summed E-state index contributed by atoms with van der Waals surface area (Å²) in [5, 5.41) is 6.13. The fourth-order valence-corrected chi connectivity index (χ4v) is 3.05. The maximum atomic E-state index is 11.1. The molecule has 0 spiro atoms. The van der Waals surface area contributed by atoms with E-state index in [4.69, 9.17) is 5.73 Å². The highest BCUT2D eigenvalue weighted by atomic mass is 32.1. The van der Waals surface area contributed by atoms with Crippen LogP contribution in [0.25, 0.3) is 10.6 Å². The predicted octanol–water partition coefficient (Wildman–Crippen LogP) is 2.58. The number of aromatic nitrogens is 2. The van der Waals surface area contributed by atoms with Crippen LogP contribution in [0.5, 0.6) is 0 Å². The monoisotopic (exact) mass is 296 g/mol. The molecule has 2 aromatic heterocycles. The average Bonchev–Trinajstić information content (AvgIpc) is 2.98. The Morgan fingerprint density at radius 1 is 1.42 bits per heavy atom. The van der Waals surface area contributed by atoms with Crippen LogP contribution in [0.3, 0.4) is 0 Å². The maximum absolute atomic E-state index is 11.1. The van der Waals surface area contributed by atoms with Gasteiger partial charge in [0.2, 0.25) is 5.91 Å². The lowest BCUT2D eigenvalue weighted by Gasteiger charge is -1.96. The molecule has 7 heteroatoms. The highest BCUT2D eigenvalue weighted by Gasteiger charge is 2.12. The van der Waals surface area contributed by atoms with E-state index in [1.807, 2.05) is 19.2 Å². The molecule has 3 N–H and O–H groups in total. The quantitative estimate of drug-likeness (QED) is 0.853. The summed E-state index contributed by atoms with van der Waals surface area (Å²) in [6, 6.07) is 0. The van der Waals surface area contributed by atoms with Crippen molar-refractivity contribution < 1.29 is 4.79 Å². The summed E-state index contributed by atoms with van der Waals surface area (Å²) < 4.78 is 0. The molecule has 102 valence electrons. The summed E-state index contributed by atoms with van der Waals surface area (Å²) >= 11 is 2.99. The van der Waals surface area contributed by atoms with Crippen LogP contribution in [-0.2, 0) is 4.79 Å². The summed E-state index contributed by atoms with van der Waals surface area (Å²) in [7, 11) is 0. The summed E-state index contributed by atoms with van der Waals surface area (Å²) in [4.78, 5) is 20.9.